The maximum Gasteiger partial charge on any atom is 0.315 e. The number of ether oxygens (including phenoxy) is 2. The first-order valence-corrected chi connectivity index (χ1v) is 10.5. The third kappa shape index (κ3) is 6.06. The molecule has 2 aromatic carbocycles. The Balaban J connectivity index is 2.31. The Hall–Kier alpha value is -2.85. The molecule has 0 saturated heterocycles. The molecule has 29 heavy (non-hydrogen) atoms. The van der Waals surface area contributed by atoms with Crippen molar-refractivity contribution in [3.05, 3.63) is 57.1 Å². The summed E-state index contributed by atoms with van der Waals surface area (Å²) in [5, 5.41) is 15.5. The highest BCUT2D eigenvalue weighted by Crippen LogP contribution is 2.38. The van der Waals surface area contributed by atoms with Gasteiger partial charge in [0.05, 0.1) is 29.2 Å². The summed E-state index contributed by atoms with van der Waals surface area (Å²) in [6.45, 7) is 4.16. The molecule has 2 aromatic rings. The summed E-state index contributed by atoms with van der Waals surface area (Å²) in [7, 11) is -3.91. The van der Waals surface area contributed by atoms with Crippen molar-refractivity contribution in [1.82, 2.24) is 4.83 Å². The summed E-state index contributed by atoms with van der Waals surface area (Å²) >= 11 is 5.75. The lowest BCUT2D eigenvalue weighted by molar-refractivity contribution is -0.386. The largest absolute Gasteiger partial charge is 0.490 e. The third-order valence-corrected chi connectivity index (χ3v) is 5.01. The van der Waals surface area contributed by atoms with Crippen molar-refractivity contribution < 1.29 is 22.8 Å². The zero-order chi connectivity index (χ0) is 21.4. The summed E-state index contributed by atoms with van der Waals surface area (Å²) < 4.78 is 35.4. The van der Waals surface area contributed by atoms with Crippen LogP contribution in [0.2, 0.25) is 5.02 Å². The average molecular weight is 442 g/mol. The molecule has 0 aromatic heterocycles. The van der Waals surface area contributed by atoms with Gasteiger partial charge in [0.25, 0.3) is 10.0 Å². The van der Waals surface area contributed by atoms with E-state index in [2.05, 4.69) is 5.10 Å². The van der Waals surface area contributed by atoms with E-state index in [4.69, 9.17) is 21.1 Å². The van der Waals surface area contributed by atoms with E-state index in [1.807, 2.05) is 11.8 Å². The molecule has 2 rings (SSSR count). The molecule has 0 saturated carbocycles. The Morgan fingerprint density at radius 1 is 1.21 bits per heavy atom. The van der Waals surface area contributed by atoms with Crippen molar-refractivity contribution in [2.45, 2.75) is 25.2 Å². The van der Waals surface area contributed by atoms with E-state index in [0.717, 1.165) is 6.21 Å². The van der Waals surface area contributed by atoms with Crippen LogP contribution in [0.1, 0.15) is 25.8 Å². The van der Waals surface area contributed by atoms with Gasteiger partial charge in [-0.2, -0.15) is 13.5 Å². The minimum Gasteiger partial charge on any atom is -0.490 e. The predicted molar refractivity (Wildman–Crippen MR) is 109 cm³/mol. The number of halogens is 1. The van der Waals surface area contributed by atoms with Crippen molar-refractivity contribution in [3.63, 3.8) is 0 Å². The molecular weight excluding hydrogens is 422 g/mol. The number of hydrogen-bond donors (Lipinski definition) is 1. The van der Waals surface area contributed by atoms with Crippen LogP contribution in [0.3, 0.4) is 0 Å². The van der Waals surface area contributed by atoms with Gasteiger partial charge in [-0.1, -0.05) is 18.5 Å². The number of hydrogen-bond acceptors (Lipinski definition) is 7. The second-order valence-corrected chi connectivity index (χ2v) is 7.81. The molecule has 0 spiro atoms. The van der Waals surface area contributed by atoms with Crippen LogP contribution in [-0.4, -0.2) is 32.8 Å². The van der Waals surface area contributed by atoms with Gasteiger partial charge >= 0.3 is 5.69 Å². The Morgan fingerprint density at radius 3 is 2.48 bits per heavy atom. The van der Waals surface area contributed by atoms with E-state index in [0.29, 0.717) is 11.4 Å². The molecule has 0 atom stereocenters. The van der Waals surface area contributed by atoms with Gasteiger partial charge < -0.3 is 9.47 Å². The lowest BCUT2D eigenvalue weighted by Gasteiger charge is -2.12. The SMILES string of the molecule is CCCOc1c(OCC)cc(/C=N/NS(=O)(=O)c2ccc(Cl)cc2)cc1[N+](=O)[O-]. The summed E-state index contributed by atoms with van der Waals surface area (Å²) in [4.78, 5) is 12.9. The molecule has 0 amide bonds. The topological polar surface area (TPSA) is 120 Å². The molecule has 156 valence electrons. The molecule has 0 aliphatic rings. The van der Waals surface area contributed by atoms with Crippen LogP contribution in [0, 0.1) is 10.1 Å². The first-order chi connectivity index (χ1) is 13.8. The zero-order valence-corrected chi connectivity index (χ0v) is 17.4. The maximum atomic E-state index is 12.2. The van der Waals surface area contributed by atoms with Crippen molar-refractivity contribution in [3.8, 4) is 11.5 Å². The molecule has 0 radical (unpaired) electrons. The molecule has 0 bridgehead atoms. The number of sulfonamides is 1. The number of benzene rings is 2. The fourth-order valence-electron chi connectivity index (χ4n) is 2.27. The molecule has 11 heteroatoms. The summed E-state index contributed by atoms with van der Waals surface area (Å²) in [6.07, 6.45) is 1.81. The Bertz CT molecular complexity index is 993. The van der Waals surface area contributed by atoms with Crippen LogP contribution in [0.15, 0.2) is 46.4 Å². The van der Waals surface area contributed by atoms with Crippen LogP contribution in [0.25, 0.3) is 0 Å². The quantitative estimate of drug-likeness (QED) is 0.340. The Labute approximate surface area is 173 Å². The summed E-state index contributed by atoms with van der Waals surface area (Å²) in [6, 6.07) is 8.25. The first kappa shape index (κ1) is 22.4. The number of rotatable bonds is 10. The lowest BCUT2D eigenvalue weighted by atomic mass is 10.2. The van der Waals surface area contributed by atoms with E-state index >= 15 is 0 Å². The second kappa shape index (κ2) is 10.1. The highest BCUT2D eigenvalue weighted by molar-refractivity contribution is 7.89. The van der Waals surface area contributed by atoms with E-state index in [1.54, 1.807) is 6.92 Å². The van der Waals surface area contributed by atoms with E-state index in [9.17, 15) is 18.5 Å². The summed E-state index contributed by atoms with van der Waals surface area (Å²) in [5.74, 6) is 0.203. The van der Waals surface area contributed by atoms with E-state index < -0.39 is 14.9 Å². The fourth-order valence-corrected chi connectivity index (χ4v) is 3.18. The van der Waals surface area contributed by atoms with Crippen LogP contribution in [-0.2, 0) is 10.0 Å². The normalized spacial score (nSPS) is 11.4. The fraction of sp³-hybridized carbons (Fsp3) is 0.278. The minimum absolute atomic E-state index is 0.0247. The van der Waals surface area contributed by atoms with Crippen molar-refractivity contribution >= 4 is 33.5 Å². The Kier molecular flexibility index (Phi) is 7.80. The van der Waals surface area contributed by atoms with Gasteiger partial charge in [-0.25, -0.2) is 4.83 Å². The molecule has 0 unspecified atom stereocenters. The average Bonchev–Trinajstić information content (AvgIpc) is 2.67. The van der Waals surface area contributed by atoms with Crippen LogP contribution >= 0.6 is 11.6 Å². The first-order valence-electron chi connectivity index (χ1n) is 8.67. The third-order valence-electron chi connectivity index (χ3n) is 3.52. The molecule has 0 aliphatic heterocycles. The minimum atomic E-state index is -3.91. The van der Waals surface area contributed by atoms with Gasteiger partial charge in [0.1, 0.15) is 0 Å². The van der Waals surface area contributed by atoms with Gasteiger partial charge in [0.2, 0.25) is 5.75 Å². The highest BCUT2D eigenvalue weighted by Gasteiger charge is 2.22. The number of nitrogens with zero attached hydrogens (tertiary/aromatic N) is 2. The molecule has 0 fully saturated rings. The summed E-state index contributed by atoms with van der Waals surface area (Å²) in [5.41, 5.74) is -0.0331. The predicted octanol–water partition coefficient (Wildman–Crippen LogP) is 3.75. The van der Waals surface area contributed by atoms with Crippen molar-refractivity contribution in [1.29, 1.82) is 0 Å². The van der Waals surface area contributed by atoms with Crippen LogP contribution in [0.5, 0.6) is 11.5 Å². The van der Waals surface area contributed by atoms with Gasteiger partial charge in [-0.05, 0) is 43.7 Å². The number of nitrogens with one attached hydrogen (secondary N) is 1. The number of nitro benzene ring substituents is 1. The van der Waals surface area contributed by atoms with Gasteiger partial charge in [-0.15, -0.1) is 0 Å². The molecule has 0 heterocycles. The standard InChI is InChI=1S/C18H20ClN3O6S/c1-3-9-28-18-16(22(23)24)10-13(11-17(18)27-4-2)12-20-21-29(25,26)15-7-5-14(19)6-8-15/h5-8,10-12,21H,3-4,9H2,1-2H3/b20-12+. The molecular formula is C18H20ClN3O6S. The smallest absolute Gasteiger partial charge is 0.315 e. The molecule has 1 N–H and O–H groups in total. The highest BCUT2D eigenvalue weighted by atomic mass is 35.5. The molecule has 0 aliphatic carbocycles. The lowest BCUT2D eigenvalue weighted by Crippen LogP contribution is -2.18. The van der Waals surface area contributed by atoms with Crippen molar-refractivity contribution in [2.75, 3.05) is 13.2 Å². The number of hydrazone groups is 1. The maximum absolute atomic E-state index is 12.2. The van der Waals surface area contributed by atoms with Gasteiger partial charge in [0, 0.05) is 16.7 Å². The van der Waals surface area contributed by atoms with Crippen LogP contribution in [0.4, 0.5) is 5.69 Å². The van der Waals surface area contributed by atoms with Crippen LogP contribution < -0.4 is 14.3 Å². The van der Waals surface area contributed by atoms with E-state index in [-0.39, 0.29) is 40.9 Å². The number of nitro groups is 1. The van der Waals surface area contributed by atoms with Crippen molar-refractivity contribution in [2.24, 2.45) is 5.10 Å². The molecule has 9 nitrogen and oxygen atoms in total. The van der Waals surface area contributed by atoms with Gasteiger partial charge in [0.15, 0.2) is 5.75 Å². The van der Waals surface area contributed by atoms with E-state index in [1.165, 1.54) is 36.4 Å². The second-order valence-electron chi connectivity index (χ2n) is 5.71. The van der Waals surface area contributed by atoms with Gasteiger partial charge in [-0.3, -0.25) is 10.1 Å². The zero-order valence-electron chi connectivity index (χ0n) is 15.8. The Morgan fingerprint density at radius 2 is 1.90 bits per heavy atom. The monoisotopic (exact) mass is 441 g/mol.